The summed E-state index contributed by atoms with van der Waals surface area (Å²) in [5.41, 5.74) is 6.38. The Morgan fingerprint density at radius 2 is 1.83 bits per heavy atom. The maximum absolute atomic E-state index is 12.2. The zero-order valence-electron chi connectivity index (χ0n) is 13.0. The van der Waals surface area contributed by atoms with Gasteiger partial charge in [0, 0.05) is 0 Å². The molecule has 2 amide bonds. The zero-order valence-corrected chi connectivity index (χ0v) is 13.0. The number of anilines is 1. The maximum Gasteiger partial charge on any atom is 0.323 e. The molecule has 7 nitrogen and oxygen atoms in total. The fraction of sp³-hybridized carbons (Fsp3) is 0.438. The van der Waals surface area contributed by atoms with E-state index in [1.165, 1.54) is 12.1 Å². The quantitative estimate of drug-likeness (QED) is 0.430. The number of fused-ring (bicyclic) bond motifs is 1. The minimum atomic E-state index is -1.25. The Morgan fingerprint density at radius 1 is 1.17 bits per heavy atom. The molecule has 0 saturated heterocycles. The lowest BCUT2D eigenvalue weighted by Crippen LogP contribution is -2.34. The van der Waals surface area contributed by atoms with E-state index in [0.717, 1.165) is 25.7 Å². The van der Waals surface area contributed by atoms with E-state index in [0.29, 0.717) is 17.3 Å². The van der Waals surface area contributed by atoms with Gasteiger partial charge < -0.3 is 15.6 Å². The van der Waals surface area contributed by atoms with Gasteiger partial charge in [-0.25, -0.2) is 0 Å². The second-order valence-corrected chi connectivity index (χ2v) is 5.43. The SMILES string of the molecule is CCCCCCOc1cc2c(cc1N)C(=O)N(CC(=O)O)C2=O. The van der Waals surface area contributed by atoms with Crippen LogP contribution in [-0.4, -0.2) is 40.9 Å². The molecule has 1 aromatic carbocycles. The average Bonchev–Trinajstić information content (AvgIpc) is 2.71. The van der Waals surface area contributed by atoms with E-state index in [2.05, 4.69) is 6.92 Å². The van der Waals surface area contributed by atoms with Gasteiger partial charge >= 0.3 is 5.97 Å². The van der Waals surface area contributed by atoms with Gasteiger partial charge in [0.15, 0.2) is 0 Å². The Bertz CT molecular complexity index is 642. The summed E-state index contributed by atoms with van der Waals surface area (Å²) >= 11 is 0. The largest absolute Gasteiger partial charge is 0.491 e. The third kappa shape index (κ3) is 3.61. The van der Waals surface area contributed by atoms with Crippen molar-refractivity contribution in [3.05, 3.63) is 23.3 Å². The zero-order chi connectivity index (χ0) is 17.0. The summed E-state index contributed by atoms with van der Waals surface area (Å²) in [4.78, 5) is 35.7. The Labute approximate surface area is 134 Å². The molecule has 0 atom stereocenters. The lowest BCUT2D eigenvalue weighted by Gasteiger charge is -2.10. The third-order valence-electron chi connectivity index (χ3n) is 3.65. The molecule has 1 aliphatic heterocycles. The number of nitrogen functional groups attached to an aromatic ring is 1. The topological polar surface area (TPSA) is 110 Å². The predicted octanol–water partition coefficient (Wildman–Crippen LogP) is 1.91. The van der Waals surface area contributed by atoms with Crippen LogP contribution in [0.4, 0.5) is 5.69 Å². The molecule has 0 aliphatic carbocycles. The first kappa shape index (κ1) is 16.8. The van der Waals surface area contributed by atoms with Crippen molar-refractivity contribution in [1.82, 2.24) is 4.90 Å². The number of carbonyl (C=O) groups is 3. The lowest BCUT2D eigenvalue weighted by atomic mass is 10.1. The number of nitrogens with zero attached hydrogens (tertiary/aromatic N) is 1. The standard InChI is InChI=1S/C16H20N2O5/c1-2-3-4-5-6-23-13-8-11-10(7-12(13)17)15(21)18(16(11)22)9-14(19)20/h7-8H,2-6,9,17H2,1H3,(H,19,20). The van der Waals surface area contributed by atoms with Gasteiger partial charge in [0.25, 0.3) is 11.8 Å². The third-order valence-corrected chi connectivity index (χ3v) is 3.65. The highest BCUT2D eigenvalue weighted by atomic mass is 16.5. The van der Waals surface area contributed by atoms with E-state index in [4.69, 9.17) is 15.6 Å². The monoisotopic (exact) mass is 320 g/mol. The van der Waals surface area contributed by atoms with E-state index in [1.54, 1.807) is 0 Å². The number of hydrogen-bond acceptors (Lipinski definition) is 5. The second kappa shape index (κ2) is 7.13. The fourth-order valence-corrected chi connectivity index (χ4v) is 2.45. The van der Waals surface area contributed by atoms with Crippen molar-refractivity contribution >= 4 is 23.5 Å². The lowest BCUT2D eigenvalue weighted by molar-refractivity contribution is -0.137. The predicted molar refractivity (Wildman–Crippen MR) is 83.5 cm³/mol. The highest BCUT2D eigenvalue weighted by molar-refractivity contribution is 6.22. The van der Waals surface area contributed by atoms with Gasteiger partial charge in [-0.3, -0.25) is 19.3 Å². The van der Waals surface area contributed by atoms with Crippen LogP contribution in [0.25, 0.3) is 0 Å². The van der Waals surface area contributed by atoms with Crippen molar-refractivity contribution in [2.45, 2.75) is 32.6 Å². The van der Waals surface area contributed by atoms with E-state index in [9.17, 15) is 14.4 Å². The van der Waals surface area contributed by atoms with E-state index >= 15 is 0 Å². The second-order valence-electron chi connectivity index (χ2n) is 5.43. The molecule has 0 fully saturated rings. The Kier molecular flexibility index (Phi) is 5.20. The minimum absolute atomic E-state index is 0.118. The van der Waals surface area contributed by atoms with Crippen LogP contribution in [-0.2, 0) is 4.79 Å². The average molecular weight is 320 g/mol. The number of rotatable bonds is 8. The van der Waals surface area contributed by atoms with Crippen LogP contribution in [0.2, 0.25) is 0 Å². The van der Waals surface area contributed by atoms with Gasteiger partial charge in [-0.15, -0.1) is 0 Å². The van der Waals surface area contributed by atoms with Crippen molar-refractivity contribution in [2.24, 2.45) is 0 Å². The molecule has 0 saturated carbocycles. The number of hydrogen-bond donors (Lipinski definition) is 2. The molecule has 0 unspecified atom stereocenters. The highest BCUT2D eigenvalue weighted by Crippen LogP contribution is 2.32. The number of carbonyl (C=O) groups excluding carboxylic acids is 2. The summed E-state index contributed by atoms with van der Waals surface area (Å²) in [5.74, 6) is -2.18. The van der Waals surface area contributed by atoms with Crippen molar-refractivity contribution < 1.29 is 24.2 Å². The highest BCUT2D eigenvalue weighted by Gasteiger charge is 2.37. The Hall–Kier alpha value is -2.57. The van der Waals surface area contributed by atoms with Crippen LogP contribution in [0.15, 0.2) is 12.1 Å². The summed E-state index contributed by atoms with van der Waals surface area (Å²) in [6, 6.07) is 2.80. The molecule has 0 spiro atoms. The summed E-state index contributed by atoms with van der Waals surface area (Å²) in [6.07, 6.45) is 4.17. The van der Waals surface area contributed by atoms with Gasteiger partial charge in [-0.2, -0.15) is 0 Å². The number of carboxylic acids is 1. The molecule has 0 bridgehead atoms. The van der Waals surface area contributed by atoms with Crippen LogP contribution in [0.3, 0.4) is 0 Å². The molecular formula is C16H20N2O5. The smallest absolute Gasteiger partial charge is 0.323 e. The normalized spacial score (nSPS) is 13.3. The van der Waals surface area contributed by atoms with Crippen LogP contribution in [0, 0.1) is 0 Å². The van der Waals surface area contributed by atoms with E-state index in [1.807, 2.05) is 0 Å². The van der Waals surface area contributed by atoms with Crippen molar-refractivity contribution in [3.8, 4) is 5.75 Å². The fourth-order valence-electron chi connectivity index (χ4n) is 2.45. The molecular weight excluding hydrogens is 300 g/mol. The first-order valence-electron chi connectivity index (χ1n) is 7.60. The summed E-state index contributed by atoms with van der Waals surface area (Å²) in [6.45, 7) is 1.92. The van der Waals surface area contributed by atoms with Crippen LogP contribution < -0.4 is 10.5 Å². The first-order valence-corrected chi connectivity index (χ1v) is 7.60. The van der Waals surface area contributed by atoms with Crippen molar-refractivity contribution in [3.63, 3.8) is 0 Å². The number of carboxylic acid groups (broad SMARTS) is 1. The molecule has 7 heteroatoms. The van der Waals surface area contributed by atoms with Crippen LogP contribution >= 0.6 is 0 Å². The number of imide groups is 1. The number of benzene rings is 1. The molecule has 1 heterocycles. The number of aliphatic carboxylic acids is 1. The Balaban J connectivity index is 2.13. The van der Waals surface area contributed by atoms with Gasteiger partial charge in [-0.1, -0.05) is 26.2 Å². The van der Waals surface area contributed by atoms with Crippen LogP contribution in [0.5, 0.6) is 5.75 Å². The van der Waals surface area contributed by atoms with Gasteiger partial charge in [0.1, 0.15) is 12.3 Å². The molecule has 2 rings (SSSR count). The Morgan fingerprint density at radius 3 is 2.43 bits per heavy atom. The summed E-state index contributed by atoms with van der Waals surface area (Å²) < 4.78 is 5.59. The van der Waals surface area contributed by atoms with E-state index in [-0.39, 0.29) is 16.8 Å². The number of nitrogens with two attached hydrogens (primary N) is 1. The molecule has 0 aromatic heterocycles. The van der Waals surface area contributed by atoms with Crippen molar-refractivity contribution in [1.29, 1.82) is 0 Å². The molecule has 1 aliphatic rings. The van der Waals surface area contributed by atoms with Gasteiger partial charge in [0.05, 0.1) is 23.4 Å². The first-order chi connectivity index (χ1) is 11.0. The summed E-state index contributed by atoms with van der Waals surface area (Å²) in [5, 5.41) is 8.79. The molecule has 124 valence electrons. The molecule has 23 heavy (non-hydrogen) atoms. The number of unbranched alkanes of at least 4 members (excludes halogenated alkanes) is 3. The van der Waals surface area contributed by atoms with Crippen molar-refractivity contribution in [2.75, 3.05) is 18.9 Å². The maximum atomic E-state index is 12.2. The number of ether oxygens (including phenoxy) is 1. The minimum Gasteiger partial charge on any atom is -0.491 e. The summed E-state index contributed by atoms with van der Waals surface area (Å²) in [7, 11) is 0. The van der Waals surface area contributed by atoms with Gasteiger partial charge in [-0.05, 0) is 18.6 Å². The number of amides is 2. The van der Waals surface area contributed by atoms with E-state index < -0.39 is 24.3 Å². The van der Waals surface area contributed by atoms with Gasteiger partial charge in [0.2, 0.25) is 0 Å². The molecule has 0 radical (unpaired) electrons. The van der Waals surface area contributed by atoms with Crippen LogP contribution in [0.1, 0.15) is 53.3 Å². The molecule has 3 N–H and O–H groups in total. The molecule has 1 aromatic rings.